The number of ether oxygens (including phenoxy) is 1. The van der Waals surface area contributed by atoms with Crippen LogP contribution >= 0.6 is 0 Å². The highest BCUT2D eigenvalue weighted by Gasteiger charge is 2.25. The molecule has 0 atom stereocenters. The molecular weight excluding hydrogens is 546 g/mol. The molecule has 2 aromatic rings. The zero-order valence-corrected chi connectivity index (χ0v) is 24.8. The van der Waals surface area contributed by atoms with Crippen molar-refractivity contribution in [2.24, 2.45) is 5.92 Å². The number of anilines is 3. The average Bonchev–Trinajstić information content (AvgIpc) is 3.00. The van der Waals surface area contributed by atoms with Crippen LogP contribution in [0.2, 0.25) is 0 Å². The minimum Gasteiger partial charge on any atom is -0.380 e. The molecule has 2 fully saturated rings. The Morgan fingerprint density at radius 1 is 0.976 bits per heavy atom. The first kappa shape index (κ1) is 31.6. The van der Waals surface area contributed by atoms with Crippen molar-refractivity contribution < 1.29 is 18.0 Å². The second-order valence-corrected chi connectivity index (χ2v) is 13.0. The molecule has 1 aromatic carbocycles. The molecule has 1 aliphatic heterocycles. The Kier molecular flexibility index (Phi) is 12.6. The number of pyridine rings is 1. The minimum absolute atomic E-state index is 0.0467. The number of unbranched alkanes of at least 4 members (excludes halogenated alkanes) is 3. The number of hydrogen-bond acceptors (Lipinski definition) is 10. The van der Waals surface area contributed by atoms with Crippen molar-refractivity contribution in [1.29, 1.82) is 0 Å². The molecule has 1 saturated carbocycles. The van der Waals surface area contributed by atoms with Crippen LogP contribution in [0.5, 0.6) is 0 Å². The fourth-order valence-electron chi connectivity index (χ4n) is 5.47. The van der Waals surface area contributed by atoms with Gasteiger partial charge in [0.05, 0.1) is 32.1 Å². The van der Waals surface area contributed by atoms with Crippen molar-refractivity contribution in [3.05, 3.63) is 45.0 Å². The van der Waals surface area contributed by atoms with Gasteiger partial charge in [-0.1, -0.05) is 49.4 Å². The lowest BCUT2D eigenvalue weighted by molar-refractivity contribution is -0.0952. The van der Waals surface area contributed by atoms with Gasteiger partial charge in [-0.15, -0.1) is 0 Å². The Bertz CT molecular complexity index is 1220. The van der Waals surface area contributed by atoms with E-state index >= 15 is 0 Å². The summed E-state index contributed by atoms with van der Waals surface area (Å²) < 4.78 is 33.1. The number of rotatable bonds is 18. The summed E-state index contributed by atoms with van der Waals surface area (Å²) in [6.07, 6.45) is 13.2. The normalized spacial score (nSPS) is 17.3. The van der Waals surface area contributed by atoms with E-state index in [-0.39, 0.29) is 11.4 Å². The van der Waals surface area contributed by atoms with E-state index in [2.05, 4.69) is 20.5 Å². The molecule has 4 rings (SSSR count). The lowest BCUT2D eigenvalue weighted by Crippen LogP contribution is -2.43. The van der Waals surface area contributed by atoms with Crippen LogP contribution in [0.15, 0.2) is 34.1 Å². The Balaban J connectivity index is 1.17. The second kappa shape index (κ2) is 16.3. The van der Waals surface area contributed by atoms with Gasteiger partial charge >= 0.3 is 0 Å². The zero-order chi connectivity index (χ0) is 28.9. The van der Waals surface area contributed by atoms with E-state index < -0.39 is 20.9 Å². The van der Waals surface area contributed by atoms with Crippen LogP contribution in [-0.2, 0) is 19.6 Å². The third-order valence-electron chi connectivity index (χ3n) is 7.99. The molecular formula is C29H45N5O6S. The highest BCUT2D eigenvalue weighted by atomic mass is 32.2. The van der Waals surface area contributed by atoms with Crippen molar-refractivity contribution in [3.8, 4) is 0 Å². The van der Waals surface area contributed by atoms with Crippen molar-refractivity contribution >= 4 is 27.1 Å². The molecule has 0 radical (unpaired) electrons. The molecule has 41 heavy (non-hydrogen) atoms. The summed E-state index contributed by atoms with van der Waals surface area (Å²) in [7, 11) is -3.54. The Morgan fingerprint density at radius 2 is 1.68 bits per heavy atom. The molecule has 0 bridgehead atoms. The van der Waals surface area contributed by atoms with E-state index in [0.717, 1.165) is 38.8 Å². The summed E-state index contributed by atoms with van der Waals surface area (Å²) in [6.45, 7) is 4.89. The third kappa shape index (κ3) is 9.85. The van der Waals surface area contributed by atoms with Crippen LogP contribution in [0.3, 0.4) is 0 Å². The van der Waals surface area contributed by atoms with Gasteiger partial charge in [0.2, 0.25) is 10.0 Å². The highest BCUT2D eigenvalue weighted by molar-refractivity contribution is 7.88. The summed E-state index contributed by atoms with van der Waals surface area (Å²) in [5, 5.41) is 6.04. The number of sulfonamides is 1. The van der Waals surface area contributed by atoms with E-state index in [4.69, 9.17) is 9.57 Å². The van der Waals surface area contributed by atoms with Crippen molar-refractivity contribution in [2.75, 3.05) is 68.9 Å². The summed E-state index contributed by atoms with van der Waals surface area (Å²) in [5.41, 5.74) is 0.207. The minimum atomic E-state index is -3.54. The van der Waals surface area contributed by atoms with Gasteiger partial charge in [-0.3, -0.25) is 24.3 Å². The maximum atomic E-state index is 13.2. The molecule has 12 heteroatoms. The predicted molar refractivity (Wildman–Crippen MR) is 161 cm³/mol. The number of nitrogens with zero attached hydrogens (tertiary/aromatic N) is 3. The number of nitrogens with one attached hydrogen (secondary N) is 2. The lowest BCUT2D eigenvalue weighted by atomic mass is 9.87. The van der Waals surface area contributed by atoms with Gasteiger partial charge in [0.1, 0.15) is 11.4 Å². The molecule has 2 heterocycles. The maximum Gasteiger partial charge on any atom is 0.253 e. The Hall–Kier alpha value is -2.38. The van der Waals surface area contributed by atoms with Gasteiger partial charge in [-0.25, -0.2) is 8.42 Å². The molecule has 1 saturated heterocycles. The fraction of sp³-hybridized carbons (Fsp3) is 0.690. The number of hydroxylamine groups is 1. The molecule has 11 nitrogen and oxygen atoms in total. The van der Waals surface area contributed by atoms with Gasteiger partial charge in [0.25, 0.3) is 10.9 Å². The van der Waals surface area contributed by atoms with Crippen molar-refractivity contribution in [1.82, 2.24) is 14.4 Å². The average molecular weight is 592 g/mol. The van der Waals surface area contributed by atoms with Crippen molar-refractivity contribution in [3.63, 3.8) is 0 Å². The molecule has 1 aromatic heterocycles. The third-order valence-corrected chi connectivity index (χ3v) is 9.70. The van der Waals surface area contributed by atoms with Crippen LogP contribution in [-0.4, -0.2) is 81.1 Å². The summed E-state index contributed by atoms with van der Waals surface area (Å²) >= 11 is 0. The van der Waals surface area contributed by atoms with Crippen molar-refractivity contribution in [2.45, 2.75) is 64.2 Å². The number of hydrogen-bond donors (Lipinski definition) is 2. The Morgan fingerprint density at radius 3 is 2.44 bits per heavy atom. The highest BCUT2D eigenvalue weighted by Crippen LogP contribution is 2.26. The summed E-state index contributed by atoms with van der Waals surface area (Å²) in [4.78, 5) is 36.1. The van der Waals surface area contributed by atoms with Crippen LogP contribution in [0.4, 0.5) is 17.1 Å². The Labute approximate surface area is 243 Å². The lowest BCUT2D eigenvalue weighted by Gasteiger charge is -2.29. The van der Waals surface area contributed by atoms with Crippen LogP contribution in [0.1, 0.15) is 64.2 Å². The monoisotopic (exact) mass is 591 g/mol. The first-order valence-corrected chi connectivity index (χ1v) is 16.7. The molecule has 0 spiro atoms. The number of morpholine rings is 1. The smallest absolute Gasteiger partial charge is 0.253 e. The van der Waals surface area contributed by atoms with Gasteiger partial charge in [0, 0.05) is 44.3 Å². The SMILES string of the molecule is O=c1c(NCCCCCCS(=O)(=O)N(CCN2CCOCC2)OCCC2CCCCC2)c(Nc2ccncc2)c1=O. The van der Waals surface area contributed by atoms with Gasteiger partial charge in [0.15, 0.2) is 0 Å². The quantitative estimate of drug-likeness (QED) is 0.151. The van der Waals surface area contributed by atoms with E-state index in [0.29, 0.717) is 63.2 Å². The van der Waals surface area contributed by atoms with E-state index in [1.807, 2.05) is 0 Å². The largest absolute Gasteiger partial charge is 0.380 e. The summed E-state index contributed by atoms with van der Waals surface area (Å²) in [5.74, 6) is 0.679. The molecule has 2 N–H and O–H groups in total. The molecule has 0 unspecified atom stereocenters. The molecule has 0 amide bonds. The van der Waals surface area contributed by atoms with Crippen LogP contribution < -0.4 is 21.5 Å². The molecule has 1 aliphatic carbocycles. The van der Waals surface area contributed by atoms with E-state index in [1.165, 1.54) is 36.6 Å². The topological polar surface area (TPSA) is 130 Å². The zero-order valence-electron chi connectivity index (χ0n) is 24.0. The number of aromatic nitrogens is 1. The van der Waals surface area contributed by atoms with Gasteiger partial charge in [-0.05, 0) is 37.3 Å². The predicted octanol–water partition coefficient (Wildman–Crippen LogP) is 3.26. The first-order valence-electron chi connectivity index (χ1n) is 15.1. The fourth-order valence-corrected chi connectivity index (χ4v) is 6.83. The maximum absolute atomic E-state index is 13.2. The molecule has 2 aliphatic rings. The van der Waals surface area contributed by atoms with E-state index in [1.54, 1.807) is 24.5 Å². The van der Waals surface area contributed by atoms with Gasteiger partial charge in [-0.2, -0.15) is 0 Å². The van der Waals surface area contributed by atoms with Crippen LogP contribution in [0.25, 0.3) is 0 Å². The van der Waals surface area contributed by atoms with E-state index in [9.17, 15) is 18.0 Å². The van der Waals surface area contributed by atoms with Gasteiger partial charge < -0.3 is 15.4 Å². The first-order chi connectivity index (χ1) is 19.9. The molecule has 228 valence electrons. The second-order valence-electron chi connectivity index (χ2n) is 11.0. The summed E-state index contributed by atoms with van der Waals surface area (Å²) in [6, 6.07) is 3.45. The standard InChI is InChI=1S/C29H45N5O6S/c35-28-26(27(29(28)36)32-25-10-14-30-15-11-25)31-13-6-1-2-7-23-41(37,38)34(17-16-33-18-21-39-22-19-33)40-20-12-24-8-4-3-5-9-24/h10-11,14-15,24,31H,1-9,12-13,16-23H2,(H,30,32). The van der Waals surface area contributed by atoms with Crippen LogP contribution in [0, 0.1) is 5.92 Å².